The first-order chi connectivity index (χ1) is 10.1. The summed E-state index contributed by atoms with van der Waals surface area (Å²) in [5.41, 5.74) is 1.43. The van der Waals surface area contributed by atoms with Crippen LogP contribution in [0, 0.1) is 11.3 Å². The Balaban J connectivity index is 2.01. The summed E-state index contributed by atoms with van der Waals surface area (Å²) in [6.07, 6.45) is 4.62. The van der Waals surface area contributed by atoms with Gasteiger partial charge in [0.2, 0.25) is 5.91 Å². The van der Waals surface area contributed by atoms with Crippen molar-refractivity contribution in [3.63, 3.8) is 0 Å². The Morgan fingerprint density at radius 2 is 2.00 bits per heavy atom. The van der Waals surface area contributed by atoms with Gasteiger partial charge in [-0.2, -0.15) is 5.26 Å². The molecule has 2 rings (SSSR count). The second-order valence-electron chi connectivity index (χ2n) is 5.41. The molecule has 0 aliphatic carbocycles. The van der Waals surface area contributed by atoms with Gasteiger partial charge in [0.25, 0.3) is 0 Å². The lowest BCUT2D eigenvalue weighted by atomic mass is 10.2. The number of hydrogen-bond donors (Lipinski definition) is 1. The number of carbonyl (C=O) groups excluding carboxylic acids is 1. The third-order valence-corrected chi connectivity index (χ3v) is 4.41. The lowest BCUT2D eigenvalue weighted by Gasteiger charge is -2.25. The highest BCUT2D eigenvalue weighted by Gasteiger charge is 2.21. The molecule has 1 unspecified atom stereocenters. The minimum atomic E-state index is -0.271. The van der Waals surface area contributed by atoms with Crippen molar-refractivity contribution in [3.05, 3.63) is 28.2 Å². The first kappa shape index (κ1) is 15.8. The average molecular weight is 350 g/mol. The van der Waals surface area contributed by atoms with Crippen LogP contribution >= 0.6 is 15.9 Å². The van der Waals surface area contributed by atoms with E-state index in [0.717, 1.165) is 36.1 Å². The summed E-state index contributed by atoms with van der Waals surface area (Å²) in [5, 5.41) is 12.1. The molecule has 0 bridgehead atoms. The van der Waals surface area contributed by atoms with Gasteiger partial charge in [-0.25, -0.2) is 0 Å². The number of nitrogens with zero attached hydrogens (tertiary/aromatic N) is 2. The first-order valence-electron chi connectivity index (χ1n) is 7.37. The zero-order chi connectivity index (χ0) is 15.2. The van der Waals surface area contributed by atoms with Crippen LogP contribution < -0.4 is 5.32 Å². The van der Waals surface area contributed by atoms with Gasteiger partial charge in [-0.1, -0.05) is 12.8 Å². The summed E-state index contributed by atoms with van der Waals surface area (Å²) < 4.78 is 0.803. The van der Waals surface area contributed by atoms with Crippen LogP contribution in [0.4, 0.5) is 5.69 Å². The van der Waals surface area contributed by atoms with Crippen LogP contribution in [0.1, 0.15) is 38.2 Å². The van der Waals surface area contributed by atoms with E-state index in [1.54, 1.807) is 12.1 Å². The Bertz CT molecular complexity index is 545. The van der Waals surface area contributed by atoms with E-state index >= 15 is 0 Å². The predicted octanol–water partition coefficient (Wildman–Crippen LogP) is 3.52. The van der Waals surface area contributed by atoms with Gasteiger partial charge in [-0.15, -0.1) is 0 Å². The molecule has 0 aromatic heterocycles. The van der Waals surface area contributed by atoms with Crippen LogP contribution in [-0.2, 0) is 4.79 Å². The second kappa shape index (κ2) is 7.46. The Hall–Kier alpha value is -1.54. The molecule has 1 N–H and O–H groups in total. The van der Waals surface area contributed by atoms with Gasteiger partial charge in [0.05, 0.1) is 11.6 Å². The summed E-state index contributed by atoms with van der Waals surface area (Å²) in [5.74, 6) is 0.146. The molecule has 21 heavy (non-hydrogen) atoms. The van der Waals surface area contributed by atoms with E-state index in [4.69, 9.17) is 5.26 Å². The van der Waals surface area contributed by atoms with Crippen LogP contribution in [0.2, 0.25) is 0 Å². The van der Waals surface area contributed by atoms with E-state index in [2.05, 4.69) is 27.3 Å². The van der Waals surface area contributed by atoms with Crippen molar-refractivity contribution < 1.29 is 4.79 Å². The summed E-state index contributed by atoms with van der Waals surface area (Å²) >= 11 is 3.44. The number of halogens is 1. The molecule has 1 aliphatic rings. The van der Waals surface area contributed by atoms with Gasteiger partial charge in [-0.05, 0) is 53.9 Å². The zero-order valence-electron chi connectivity index (χ0n) is 12.2. The summed E-state index contributed by atoms with van der Waals surface area (Å²) in [6, 6.07) is 7.16. The Morgan fingerprint density at radius 1 is 1.33 bits per heavy atom. The van der Waals surface area contributed by atoms with Crippen LogP contribution in [0.5, 0.6) is 0 Å². The quantitative estimate of drug-likeness (QED) is 0.907. The lowest BCUT2D eigenvalue weighted by Crippen LogP contribution is -2.41. The lowest BCUT2D eigenvalue weighted by molar-refractivity contribution is -0.131. The van der Waals surface area contributed by atoms with Gasteiger partial charge in [0.1, 0.15) is 6.04 Å². The maximum Gasteiger partial charge on any atom is 0.244 e. The molecule has 1 amide bonds. The highest BCUT2D eigenvalue weighted by atomic mass is 79.9. The maximum atomic E-state index is 12.5. The molecule has 0 spiro atoms. The number of rotatable bonds is 3. The molecule has 0 saturated carbocycles. The van der Waals surface area contributed by atoms with Crippen molar-refractivity contribution in [1.29, 1.82) is 5.26 Å². The van der Waals surface area contributed by atoms with Gasteiger partial charge in [0, 0.05) is 23.2 Å². The minimum absolute atomic E-state index is 0.146. The van der Waals surface area contributed by atoms with Crippen molar-refractivity contribution in [3.8, 4) is 6.07 Å². The molecule has 5 heteroatoms. The van der Waals surface area contributed by atoms with Crippen molar-refractivity contribution in [1.82, 2.24) is 4.90 Å². The highest BCUT2D eigenvalue weighted by molar-refractivity contribution is 9.10. The van der Waals surface area contributed by atoms with Crippen LogP contribution in [0.3, 0.4) is 0 Å². The van der Waals surface area contributed by atoms with E-state index in [1.807, 2.05) is 17.9 Å². The van der Waals surface area contributed by atoms with E-state index in [1.165, 1.54) is 12.8 Å². The molecule has 1 saturated heterocycles. The molecule has 1 aromatic rings. The minimum Gasteiger partial charge on any atom is -0.373 e. The van der Waals surface area contributed by atoms with Gasteiger partial charge in [0.15, 0.2) is 0 Å². The summed E-state index contributed by atoms with van der Waals surface area (Å²) in [4.78, 5) is 14.4. The predicted molar refractivity (Wildman–Crippen MR) is 87.0 cm³/mol. The normalized spacial score (nSPS) is 16.7. The Kier molecular flexibility index (Phi) is 5.63. The number of carbonyl (C=O) groups is 1. The van der Waals surface area contributed by atoms with E-state index in [0.29, 0.717) is 5.56 Å². The topological polar surface area (TPSA) is 56.1 Å². The Morgan fingerprint density at radius 3 is 2.57 bits per heavy atom. The molecule has 1 atom stereocenters. The van der Waals surface area contributed by atoms with Crippen molar-refractivity contribution in [2.45, 2.75) is 38.6 Å². The molecule has 1 aliphatic heterocycles. The van der Waals surface area contributed by atoms with Gasteiger partial charge in [-0.3, -0.25) is 4.79 Å². The number of amides is 1. The van der Waals surface area contributed by atoms with Gasteiger partial charge < -0.3 is 10.2 Å². The standard InChI is InChI=1S/C16H20BrN3O/c1-12(16(21)20-8-4-2-3-5-9-20)19-15-7-6-13(11-18)10-14(15)17/h6-7,10,12,19H,2-5,8-9H2,1H3. The van der Waals surface area contributed by atoms with Gasteiger partial charge >= 0.3 is 0 Å². The fraction of sp³-hybridized carbons (Fsp3) is 0.500. The number of hydrogen-bond acceptors (Lipinski definition) is 3. The van der Waals surface area contributed by atoms with Crippen molar-refractivity contribution in [2.24, 2.45) is 0 Å². The Labute approximate surface area is 134 Å². The molecule has 1 fully saturated rings. The fourth-order valence-corrected chi connectivity index (χ4v) is 3.05. The highest BCUT2D eigenvalue weighted by Crippen LogP contribution is 2.24. The number of benzene rings is 1. The third kappa shape index (κ3) is 4.21. The largest absolute Gasteiger partial charge is 0.373 e. The monoisotopic (exact) mass is 349 g/mol. The van der Waals surface area contributed by atoms with Crippen LogP contribution in [0.15, 0.2) is 22.7 Å². The molecule has 0 radical (unpaired) electrons. The first-order valence-corrected chi connectivity index (χ1v) is 8.16. The molecule has 1 heterocycles. The molecular weight excluding hydrogens is 330 g/mol. The molecule has 112 valence electrons. The molecular formula is C16H20BrN3O. The van der Waals surface area contributed by atoms with Crippen LogP contribution in [-0.4, -0.2) is 29.9 Å². The van der Waals surface area contributed by atoms with Crippen molar-refractivity contribution in [2.75, 3.05) is 18.4 Å². The van der Waals surface area contributed by atoms with E-state index in [-0.39, 0.29) is 11.9 Å². The van der Waals surface area contributed by atoms with E-state index in [9.17, 15) is 4.79 Å². The number of likely N-dealkylation sites (tertiary alicyclic amines) is 1. The molecule has 1 aromatic carbocycles. The second-order valence-corrected chi connectivity index (χ2v) is 6.27. The average Bonchev–Trinajstić information content (AvgIpc) is 2.77. The van der Waals surface area contributed by atoms with Crippen molar-refractivity contribution >= 4 is 27.5 Å². The fourth-order valence-electron chi connectivity index (χ4n) is 2.56. The zero-order valence-corrected chi connectivity index (χ0v) is 13.8. The number of anilines is 1. The number of nitrogens with one attached hydrogen (secondary N) is 1. The summed E-state index contributed by atoms with van der Waals surface area (Å²) in [7, 11) is 0. The number of nitriles is 1. The van der Waals surface area contributed by atoms with Crippen LogP contribution in [0.25, 0.3) is 0 Å². The smallest absolute Gasteiger partial charge is 0.244 e. The third-order valence-electron chi connectivity index (χ3n) is 3.76. The summed E-state index contributed by atoms with van der Waals surface area (Å²) in [6.45, 7) is 3.61. The van der Waals surface area contributed by atoms with E-state index < -0.39 is 0 Å². The molecule has 4 nitrogen and oxygen atoms in total. The maximum absolute atomic E-state index is 12.5. The SMILES string of the molecule is CC(Nc1ccc(C#N)cc1Br)C(=O)N1CCCCCC1.